The first-order chi connectivity index (χ1) is 14.9. The van der Waals surface area contributed by atoms with Gasteiger partial charge >= 0.3 is 0 Å². The SMILES string of the molecule is CCOc1ccc(C(=O)CCC(=O)NCc2cccc(Cn3nc(C)cc3C)c2)cc1. The monoisotopic (exact) mass is 419 g/mol. The number of aromatic nitrogens is 2. The normalized spacial score (nSPS) is 10.7. The van der Waals surface area contributed by atoms with Gasteiger partial charge in [0.25, 0.3) is 0 Å². The van der Waals surface area contributed by atoms with E-state index in [1.807, 2.05) is 37.6 Å². The fourth-order valence-electron chi connectivity index (χ4n) is 3.41. The fraction of sp³-hybridized carbons (Fsp3) is 0.320. The lowest BCUT2D eigenvalue weighted by atomic mass is 10.1. The molecule has 0 saturated heterocycles. The maximum atomic E-state index is 12.3. The zero-order valence-corrected chi connectivity index (χ0v) is 18.4. The number of benzene rings is 2. The number of nitrogens with one attached hydrogen (secondary N) is 1. The highest BCUT2D eigenvalue weighted by Crippen LogP contribution is 2.14. The van der Waals surface area contributed by atoms with Gasteiger partial charge in [0, 0.05) is 30.6 Å². The van der Waals surface area contributed by atoms with Crippen LogP contribution in [-0.4, -0.2) is 28.1 Å². The summed E-state index contributed by atoms with van der Waals surface area (Å²) in [7, 11) is 0. The first-order valence-corrected chi connectivity index (χ1v) is 10.6. The molecule has 31 heavy (non-hydrogen) atoms. The third-order valence-corrected chi connectivity index (χ3v) is 4.98. The van der Waals surface area contributed by atoms with Gasteiger partial charge in [-0.15, -0.1) is 0 Å². The van der Waals surface area contributed by atoms with Crippen molar-refractivity contribution < 1.29 is 14.3 Å². The van der Waals surface area contributed by atoms with Crippen LogP contribution in [-0.2, 0) is 17.9 Å². The summed E-state index contributed by atoms with van der Waals surface area (Å²) in [5, 5.41) is 7.40. The van der Waals surface area contributed by atoms with E-state index in [4.69, 9.17) is 4.74 Å². The molecule has 1 N–H and O–H groups in total. The van der Waals surface area contributed by atoms with Crippen molar-refractivity contribution in [3.05, 3.63) is 82.7 Å². The van der Waals surface area contributed by atoms with Gasteiger partial charge in [-0.2, -0.15) is 5.10 Å². The van der Waals surface area contributed by atoms with Crippen LogP contribution in [0.15, 0.2) is 54.6 Å². The van der Waals surface area contributed by atoms with Crippen molar-refractivity contribution in [3.63, 3.8) is 0 Å². The zero-order chi connectivity index (χ0) is 22.2. The lowest BCUT2D eigenvalue weighted by molar-refractivity contribution is -0.121. The Morgan fingerprint density at radius 3 is 2.42 bits per heavy atom. The number of amides is 1. The molecule has 6 heteroatoms. The van der Waals surface area contributed by atoms with E-state index in [2.05, 4.69) is 28.6 Å². The predicted octanol–water partition coefficient (Wildman–Crippen LogP) is 4.23. The lowest BCUT2D eigenvalue weighted by Gasteiger charge is -2.09. The Kier molecular flexibility index (Phi) is 7.60. The number of ketones is 1. The van der Waals surface area contributed by atoms with Gasteiger partial charge in [-0.25, -0.2) is 0 Å². The van der Waals surface area contributed by atoms with E-state index in [-0.39, 0.29) is 24.5 Å². The molecule has 0 aliphatic heterocycles. The first-order valence-electron chi connectivity index (χ1n) is 10.6. The summed E-state index contributed by atoms with van der Waals surface area (Å²) in [6, 6.07) is 17.2. The van der Waals surface area contributed by atoms with E-state index in [0.717, 1.165) is 28.3 Å². The minimum absolute atomic E-state index is 0.0509. The van der Waals surface area contributed by atoms with E-state index in [0.29, 0.717) is 25.3 Å². The van der Waals surface area contributed by atoms with Crippen LogP contribution in [0.4, 0.5) is 0 Å². The molecule has 6 nitrogen and oxygen atoms in total. The number of aryl methyl sites for hydroxylation is 2. The Balaban J connectivity index is 1.47. The van der Waals surface area contributed by atoms with Gasteiger partial charge in [-0.1, -0.05) is 24.3 Å². The number of Topliss-reactive ketones (excluding diaryl/α,β-unsaturated/α-hetero) is 1. The molecule has 1 amide bonds. The summed E-state index contributed by atoms with van der Waals surface area (Å²) in [5.74, 6) is 0.546. The van der Waals surface area contributed by atoms with E-state index in [9.17, 15) is 9.59 Å². The van der Waals surface area contributed by atoms with Crippen LogP contribution in [0.3, 0.4) is 0 Å². The smallest absolute Gasteiger partial charge is 0.220 e. The van der Waals surface area contributed by atoms with Crippen molar-refractivity contribution >= 4 is 11.7 Å². The molecule has 0 unspecified atom stereocenters. The van der Waals surface area contributed by atoms with Gasteiger partial charge in [0.2, 0.25) is 5.91 Å². The third kappa shape index (κ3) is 6.54. The molecular formula is C25H29N3O3. The number of carbonyl (C=O) groups excluding carboxylic acids is 2. The number of hydrogen-bond donors (Lipinski definition) is 1. The van der Waals surface area contributed by atoms with E-state index >= 15 is 0 Å². The molecule has 0 aliphatic carbocycles. The van der Waals surface area contributed by atoms with Crippen molar-refractivity contribution in [2.75, 3.05) is 6.61 Å². The molecule has 2 aromatic carbocycles. The minimum atomic E-state index is -0.136. The van der Waals surface area contributed by atoms with Crippen LogP contribution in [0.25, 0.3) is 0 Å². The average molecular weight is 420 g/mol. The van der Waals surface area contributed by atoms with Crippen LogP contribution in [0.2, 0.25) is 0 Å². The van der Waals surface area contributed by atoms with Crippen LogP contribution >= 0.6 is 0 Å². The van der Waals surface area contributed by atoms with Crippen LogP contribution in [0.5, 0.6) is 5.75 Å². The summed E-state index contributed by atoms with van der Waals surface area (Å²) in [4.78, 5) is 24.5. The van der Waals surface area contributed by atoms with Crippen molar-refractivity contribution in [2.45, 2.75) is 46.7 Å². The molecule has 3 rings (SSSR count). The maximum Gasteiger partial charge on any atom is 0.220 e. The molecule has 162 valence electrons. The van der Waals surface area contributed by atoms with Crippen molar-refractivity contribution in [3.8, 4) is 5.75 Å². The molecule has 3 aromatic rings. The summed E-state index contributed by atoms with van der Waals surface area (Å²) >= 11 is 0. The largest absolute Gasteiger partial charge is 0.494 e. The van der Waals surface area contributed by atoms with Gasteiger partial charge in [0.1, 0.15) is 5.75 Å². The minimum Gasteiger partial charge on any atom is -0.494 e. The molecule has 0 spiro atoms. The van der Waals surface area contributed by atoms with E-state index in [1.54, 1.807) is 24.3 Å². The van der Waals surface area contributed by atoms with Crippen molar-refractivity contribution in [2.24, 2.45) is 0 Å². The molecule has 1 heterocycles. The Morgan fingerprint density at radius 2 is 1.74 bits per heavy atom. The molecule has 0 fully saturated rings. The van der Waals surface area contributed by atoms with Crippen molar-refractivity contribution in [1.82, 2.24) is 15.1 Å². The quantitative estimate of drug-likeness (QED) is 0.499. The molecule has 0 saturated carbocycles. The molecular weight excluding hydrogens is 390 g/mol. The van der Waals surface area contributed by atoms with Gasteiger partial charge in [-0.05, 0) is 62.2 Å². The van der Waals surface area contributed by atoms with E-state index in [1.165, 1.54) is 0 Å². The first kappa shape index (κ1) is 22.3. The second-order valence-electron chi connectivity index (χ2n) is 7.56. The third-order valence-electron chi connectivity index (χ3n) is 4.98. The Morgan fingerprint density at radius 1 is 1.00 bits per heavy atom. The summed E-state index contributed by atoms with van der Waals surface area (Å²) in [5.41, 5.74) is 4.86. The number of hydrogen-bond acceptors (Lipinski definition) is 4. The van der Waals surface area contributed by atoms with Gasteiger partial charge < -0.3 is 10.1 Å². The van der Waals surface area contributed by atoms with Crippen molar-refractivity contribution in [1.29, 1.82) is 0 Å². The average Bonchev–Trinajstić information content (AvgIpc) is 3.08. The van der Waals surface area contributed by atoms with Crippen LogP contribution in [0.1, 0.15) is 52.6 Å². The van der Waals surface area contributed by atoms with Gasteiger partial charge in [-0.3, -0.25) is 14.3 Å². The predicted molar refractivity (Wildman–Crippen MR) is 120 cm³/mol. The summed E-state index contributed by atoms with van der Waals surface area (Å²) in [6.45, 7) is 7.64. The highest BCUT2D eigenvalue weighted by atomic mass is 16.5. The second kappa shape index (κ2) is 10.6. The fourth-order valence-corrected chi connectivity index (χ4v) is 3.41. The number of rotatable bonds is 10. The molecule has 0 aliphatic rings. The Hall–Kier alpha value is -3.41. The van der Waals surface area contributed by atoms with Crippen LogP contribution in [0, 0.1) is 13.8 Å². The summed E-state index contributed by atoms with van der Waals surface area (Å²) < 4.78 is 7.35. The number of ether oxygens (including phenoxy) is 1. The molecule has 0 bridgehead atoms. The topological polar surface area (TPSA) is 73.2 Å². The standard InChI is InChI=1S/C25H29N3O3/c1-4-31-23-10-8-22(9-11-23)24(29)12-13-25(30)26-16-20-6-5-7-21(15-20)17-28-19(3)14-18(2)27-28/h5-11,14-15H,4,12-13,16-17H2,1-3H3,(H,26,30). The molecule has 0 radical (unpaired) electrons. The van der Waals surface area contributed by atoms with E-state index < -0.39 is 0 Å². The summed E-state index contributed by atoms with van der Waals surface area (Å²) in [6.07, 6.45) is 0.343. The van der Waals surface area contributed by atoms with Gasteiger partial charge in [0.15, 0.2) is 5.78 Å². The lowest BCUT2D eigenvalue weighted by Crippen LogP contribution is -2.23. The maximum absolute atomic E-state index is 12.3. The highest BCUT2D eigenvalue weighted by molar-refractivity contribution is 5.98. The zero-order valence-electron chi connectivity index (χ0n) is 18.4. The van der Waals surface area contributed by atoms with Gasteiger partial charge in [0.05, 0.1) is 18.8 Å². The number of carbonyl (C=O) groups is 2. The Labute approximate surface area is 183 Å². The number of nitrogens with zero attached hydrogens (tertiary/aromatic N) is 2. The Bertz CT molecular complexity index is 1040. The molecule has 1 aromatic heterocycles. The van der Waals surface area contributed by atoms with Crippen LogP contribution < -0.4 is 10.1 Å². The highest BCUT2D eigenvalue weighted by Gasteiger charge is 2.10. The second-order valence-corrected chi connectivity index (χ2v) is 7.56. The molecule has 0 atom stereocenters.